The molecule has 0 radical (unpaired) electrons. The van der Waals surface area contributed by atoms with E-state index in [1.54, 1.807) is 12.0 Å². The van der Waals surface area contributed by atoms with Crippen LogP contribution in [-0.2, 0) is 4.74 Å². The van der Waals surface area contributed by atoms with Crippen molar-refractivity contribution >= 4 is 17.3 Å². The van der Waals surface area contributed by atoms with E-state index < -0.39 is 0 Å². The Hall–Kier alpha value is -0.650. The Labute approximate surface area is 121 Å². The van der Waals surface area contributed by atoms with Crippen molar-refractivity contribution < 1.29 is 9.64 Å². The molecule has 0 amide bonds. The monoisotopic (exact) mass is 284 g/mol. The van der Waals surface area contributed by atoms with Crippen LogP contribution in [-0.4, -0.2) is 51.0 Å². The molecule has 0 spiro atoms. The SMILES string of the molecule is C=C[C@H]1C[NH+]2CC[C@@H]1C[C@@H]2CNC(=S)NCCOC. The molecule has 4 nitrogen and oxygen atoms in total. The van der Waals surface area contributed by atoms with E-state index in [1.807, 2.05) is 0 Å². The van der Waals surface area contributed by atoms with Gasteiger partial charge in [0.25, 0.3) is 0 Å². The third kappa shape index (κ3) is 3.91. The summed E-state index contributed by atoms with van der Waals surface area (Å²) < 4.78 is 4.99. The molecule has 3 aliphatic heterocycles. The van der Waals surface area contributed by atoms with Crippen LogP contribution in [0, 0.1) is 11.8 Å². The van der Waals surface area contributed by atoms with Crippen LogP contribution < -0.4 is 15.5 Å². The standard InChI is InChI=1S/C14H25N3OS/c1-3-11-10-17-6-4-12(11)8-13(17)9-16-14(19)15-5-7-18-2/h3,11-13H,1,4-10H2,2H3,(H2,15,16,19)/p+1/t11-,12+,13+/m0/s1. The first-order valence-electron chi connectivity index (χ1n) is 7.22. The highest BCUT2D eigenvalue weighted by Crippen LogP contribution is 2.27. The Balaban J connectivity index is 1.70. The molecule has 4 atom stereocenters. The molecule has 108 valence electrons. The number of piperidine rings is 3. The number of nitrogens with one attached hydrogen (secondary N) is 3. The van der Waals surface area contributed by atoms with Crippen molar-refractivity contribution in [2.45, 2.75) is 18.9 Å². The maximum absolute atomic E-state index is 5.26. The summed E-state index contributed by atoms with van der Waals surface area (Å²) in [6.45, 7) is 8.97. The van der Waals surface area contributed by atoms with Gasteiger partial charge in [-0.25, -0.2) is 0 Å². The lowest BCUT2D eigenvalue weighted by Crippen LogP contribution is -3.20. The van der Waals surface area contributed by atoms with Gasteiger partial charge in [-0.3, -0.25) is 0 Å². The Bertz CT molecular complexity index is 324. The minimum atomic E-state index is 0.686. The van der Waals surface area contributed by atoms with Crippen LogP contribution in [0.25, 0.3) is 0 Å². The van der Waals surface area contributed by atoms with Gasteiger partial charge >= 0.3 is 0 Å². The summed E-state index contributed by atoms with van der Waals surface area (Å²) >= 11 is 5.26. The predicted molar refractivity (Wildman–Crippen MR) is 81.4 cm³/mol. The first kappa shape index (κ1) is 14.8. The molecular weight excluding hydrogens is 258 g/mol. The van der Waals surface area contributed by atoms with Crippen LogP contribution in [0.2, 0.25) is 0 Å². The molecule has 3 saturated heterocycles. The highest BCUT2D eigenvalue weighted by atomic mass is 32.1. The Morgan fingerprint density at radius 1 is 1.53 bits per heavy atom. The average molecular weight is 284 g/mol. The largest absolute Gasteiger partial charge is 0.383 e. The topological polar surface area (TPSA) is 37.7 Å². The molecule has 0 aliphatic carbocycles. The molecule has 0 aromatic rings. The van der Waals surface area contributed by atoms with Crippen LogP contribution in [0.4, 0.5) is 0 Å². The fourth-order valence-corrected chi connectivity index (χ4v) is 3.59. The zero-order valence-electron chi connectivity index (χ0n) is 11.8. The van der Waals surface area contributed by atoms with Crippen molar-refractivity contribution in [2.24, 2.45) is 11.8 Å². The third-order valence-corrected chi connectivity index (χ3v) is 4.80. The molecule has 3 heterocycles. The van der Waals surface area contributed by atoms with Gasteiger partial charge < -0.3 is 20.3 Å². The van der Waals surface area contributed by atoms with Gasteiger partial charge in [0.2, 0.25) is 0 Å². The van der Waals surface area contributed by atoms with Crippen LogP contribution in [0.1, 0.15) is 12.8 Å². The lowest BCUT2D eigenvalue weighted by atomic mass is 9.76. The quantitative estimate of drug-likeness (QED) is 0.352. The molecule has 3 rings (SSSR count). The number of fused-ring (bicyclic) bond motifs is 3. The average Bonchev–Trinajstić information content (AvgIpc) is 2.46. The number of quaternary nitrogens is 1. The molecule has 2 bridgehead atoms. The normalized spacial score (nSPS) is 32.9. The maximum atomic E-state index is 5.26. The lowest BCUT2D eigenvalue weighted by molar-refractivity contribution is -0.944. The molecular formula is C14H26N3OS+. The smallest absolute Gasteiger partial charge is 0.166 e. The fourth-order valence-electron chi connectivity index (χ4n) is 3.40. The molecule has 3 N–H and O–H groups in total. The zero-order valence-corrected chi connectivity index (χ0v) is 12.6. The van der Waals surface area contributed by atoms with Crippen LogP contribution in [0.5, 0.6) is 0 Å². The summed E-state index contributed by atoms with van der Waals surface area (Å²) in [5.41, 5.74) is 0. The summed E-state index contributed by atoms with van der Waals surface area (Å²) in [6, 6.07) is 0.706. The maximum Gasteiger partial charge on any atom is 0.166 e. The first-order chi connectivity index (χ1) is 9.24. The van der Waals surface area contributed by atoms with Crippen molar-refractivity contribution in [3.63, 3.8) is 0 Å². The summed E-state index contributed by atoms with van der Waals surface area (Å²) in [4.78, 5) is 1.72. The van der Waals surface area contributed by atoms with Crippen molar-refractivity contribution in [3.8, 4) is 0 Å². The molecule has 19 heavy (non-hydrogen) atoms. The number of ether oxygens (including phenoxy) is 1. The lowest BCUT2D eigenvalue weighted by Gasteiger charge is -2.46. The van der Waals surface area contributed by atoms with Crippen molar-refractivity contribution in [2.75, 3.05) is 39.9 Å². The first-order valence-corrected chi connectivity index (χ1v) is 7.63. The van der Waals surface area contributed by atoms with Crippen molar-refractivity contribution in [1.82, 2.24) is 10.6 Å². The predicted octanol–water partition coefficient (Wildman–Crippen LogP) is -0.424. The number of rotatable bonds is 6. The number of methoxy groups -OCH3 is 1. The van der Waals surface area contributed by atoms with E-state index in [0.717, 1.165) is 30.0 Å². The van der Waals surface area contributed by atoms with E-state index in [-0.39, 0.29) is 0 Å². The summed E-state index contributed by atoms with van der Waals surface area (Å²) in [5, 5.41) is 7.25. The molecule has 5 heteroatoms. The Morgan fingerprint density at radius 3 is 3.00 bits per heavy atom. The van der Waals surface area contributed by atoms with Crippen LogP contribution >= 0.6 is 12.2 Å². The summed E-state index contributed by atoms with van der Waals surface area (Å²) in [7, 11) is 1.70. The van der Waals surface area contributed by atoms with Gasteiger partial charge in [-0.2, -0.15) is 0 Å². The van der Waals surface area contributed by atoms with E-state index in [4.69, 9.17) is 17.0 Å². The molecule has 0 aromatic heterocycles. The van der Waals surface area contributed by atoms with Crippen LogP contribution in [0.15, 0.2) is 12.7 Å². The van der Waals surface area contributed by atoms with E-state index >= 15 is 0 Å². The van der Waals surface area contributed by atoms with E-state index in [1.165, 1.54) is 25.9 Å². The summed E-state index contributed by atoms with van der Waals surface area (Å²) in [5.74, 6) is 1.57. The summed E-state index contributed by atoms with van der Waals surface area (Å²) in [6.07, 6.45) is 4.82. The van der Waals surface area contributed by atoms with Gasteiger partial charge in [-0.15, -0.1) is 6.58 Å². The van der Waals surface area contributed by atoms with Gasteiger partial charge in [0, 0.05) is 32.4 Å². The number of hydrogen-bond acceptors (Lipinski definition) is 2. The van der Waals surface area contributed by atoms with E-state index in [2.05, 4.69) is 23.3 Å². The zero-order chi connectivity index (χ0) is 13.7. The van der Waals surface area contributed by atoms with Gasteiger partial charge in [0.1, 0.15) is 6.04 Å². The molecule has 1 unspecified atom stereocenters. The van der Waals surface area contributed by atoms with Gasteiger partial charge in [-0.1, -0.05) is 6.08 Å². The highest BCUT2D eigenvalue weighted by molar-refractivity contribution is 7.80. The molecule has 3 aliphatic rings. The van der Waals surface area contributed by atoms with E-state index in [9.17, 15) is 0 Å². The fraction of sp³-hybridized carbons (Fsp3) is 0.786. The number of hydrogen-bond donors (Lipinski definition) is 3. The minimum absolute atomic E-state index is 0.686. The Morgan fingerprint density at radius 2 is 2.37 bits per heavy atom. The number of thiocarbonyl (C=S) groups is 1. The van der Waals surface area contributed by atoms with Crippen molar-refractivity contribution in [3.05, 3.63) is 12.7 Å². The molecule has 3 fully saturated rings. The second kappa shape index (κ2) is 7.22. The second-order valence-electron chi connectivity index (χ2n) is 5.62. The minimum Gasteiger partial charge on any atom is -0.383 e. The van der Waals surface area contributed by atoms with E-state index in [0.29, 0.717) is 12.6 Å². The van der Waals surface area contributed by atoms with Crippen LogP contribution in [0.3, 0.4) is 0 Å². The second-order valence-corrected chi connectivity index (χ2v) is 6.03. The van der Waals surface area contributed by atoms with Crippen molar-refractivity contribution in [1.29, 1.82) is 0 Å². The highest BCUT2D eigenvalue weighted by Gasteiger charge is 2.41. The molecule has 0 aromatic carbocycles. The Kier molecular flexibility index (Phi) is 5.60. The molecule has 0 saturated carbocycles. The van der Waals surface area contributed by atoms with Gasteiger partial charge in [-0.05, 0) is 18.1 Å². The van der Waals surface area contributed by atoms with Gasteiger partial charge in [0.15, 0.2) is 5.11 Å². The van der Waals surface area contributed by atoms with Gasteiger partial charge in [0.05, 0.1) is 26.2 Å². The third-order valence-electron chi connectivity index (χ3n) is 4.51.